The van der Waals surface area contributed by atoms with Crippen molar-refractivity contribution in [3.8, 4) is 5.75 Å². The van der Waals surface area contributed by atoms with Crippen LogP contribution in [0.1, 0.15) is 20.8 Å². The van der Waals surface area contributed by atoms with Gasteiger partial charge in [0.2, 0.25) is 11.6 Å². The molecule has 0 unspecified atom stereocenters. The molecule has 0 aliphatic carbocycles. The number of halogens is 5. The fraction of sp³-hybridized carbons (Fsp3) is 0.400. The molecule has 16 heavy (non-hydrogen) atoms. The second-order valence-corrected chi connectivity index (χ2v) is 4.49. The molecule has 0 aliphatic heterocycles. The minimum absolute atomic E-state index is 0.992. The summed E-state index contributed by atoms with van der Waals surface area (Å²) in [6, 6.07) is 0. The summed E-state index contributed by atoms with van der Waals surface area (Å²) in [6.45, 7) is 4.45. The quantitative estimate of drug-likeness (QED) is 0.418. The van der Waals surface area contributed by atoms with Crippen molar-refractivity contribution in [3.05, 3.63) is 28.3 Å². The van der Waals surface area contributed by atoms with Crippen LogP contribution in [-0.4, -0.2) is 5.60 Å². The minimum atomic E-state index is -1.67. The second-order valence-electron chi connectivity index (χ2n) is 4.11. The largest absolute Gasteiger partial charge is 0.482 e. The molecular formula is C10H9ClF4O. The summed E-state index contributed by atoms with van der Waals surface area (Å²) in [5.74, 6) is -7.72. The smallest absolute Gasteiger partial charge is 0.205 e. The first kappa shape index (κ1) is 13.1. The zero-order valence-corrected chi connectivity index (χ0v) is 9.55. The van der Waals surface area contributed by atoms with Gasteiger partial charge in [-0.3, -0.25) is 0 Å². The van der Waals surface area contributed by atoms with Gasteiger partial charge in [-0.1, -0.05) is 11.6 Å². The van der Waals surface area contributed by atoms with Crippen molar-refractivity contribution >= 4 is 11.6 Å². The van der Waals surface area contributed by atoms with Gasteiger partial charge >= 0.3 is 0 Å². The lowest BCUT2D eigenvalue weighted by molar-refractivity contribution is 0.114. The highest BCUT2D eigenvalue weighted by atomic mass is 35.5. The van der Waals surface area contributed by atoms with Crippen molar-refractivity contribution in [3.63, 3.8) is 0 Å². The van der Waals surface area contributed by atoms with E-state index in [0.29, 0.717) is 0 Å². The lowest BCUT2D eigenvalue weighted by Crippen LogP contribution is -2.25. The monoisotopic (exact) mass is 256 g/mol. The van der Waals surface area contributed by atoms with Crippen molar-refractivity contribution in [2.45, 2.75) is 26.4 Å². The van der Waals surface area contributed by atoms with Gasteiger partial charge in [-0.25, -0.2) is 8.78 Å². The molecule has 0 heterocycles. The maximum absolute atomic E-state index is 13.2. The molecule has 0 bridgehead atoms. The van der Waals surface area contributed by atoms with E-state index in [-0.39, 0.29) is 0 Å². The molecule has 0 spiro atoms. The molecule has 0 fully saturated rings. The van der Waals surface area contributed by atoms with Gasteiger partial charge in [0.1, 0.15) is 10.6 Å². The number of rotatable bonds is 1. The van der Waals surface area contributed by atoms with Crippen molar-refractivity contribution in [1.82, 2.24) is 0 Å². The molecule has 0 aliphatic rings. The molecule has 0 saturated heterocycles. The van der Waals surface area contributed by atoms with E-state index in [9.17, 15) is 17.6 Å². The van der Waals surface area contributed by atoms with Crippen LogP contribution in [0.15, 0.2) is 0 Å². The molecule has 0 saturated carbocycles. The van der Waals surface area contributed by atoms with Gasteiger partial charge in [0.25, 0.3) is 0 Å². The molecule has 0 radical (unpaired) electrons. The first-order chi connectivity index (χ1) is 7.15. The van der Waals surface area contributed by atoms with Gasteiger partial charge in [0.05, 0.1) is 0 Å². The van der Waals surface area contributed by atoms with E-state index in [2.05, 4.69) is 0 Å². The predicted octanol–water partition coefficient (Wildman–Crippen LogP) is 4.07. The van der Waals surface area contributed by atoms with Gasteiger partial charge < -0.3 is 4.74 Å². The van der Waals surface area contributed by atoms with Crippen molar-refractivity contribution < 1.29 is 22.3 Å². The lowest BCUT2D eigenvalue weighted by atomic mass is 10.2. The van der Waals surface area contributed by atoms with Crippen LogP contribution in [0, 0.1) is 23.3 Å². The molecule has 1 rings (SSSR count). The molecule has 1 aromatic rings. The number of benzene rings is 1. The summed E-state index contributed by atoms with van der Waals surface area (Å²) >= 11 is 5.05. The third-order valence-electron chi connectivity index (χ3n) is 1.58. The molecular weight excluding hydrogens is 248 g/mol. The topological polar surface area (TPSA) is 9.23 Å². The SMILES string of the molecule is CC(C)(C)Oc1c(F)c(F)c(Cl)c(F)c1F. The maximum Gasteiger partial charge on any atom is 0.205 e. The van der Waals surface area contributed by atoms with Crippen LogP contribution in [-0.2, 0) is 0 Å². The van der Waals surface area contributed by atoms with Crippen LogP contribution in [0.2, 0.25) is 5.02 Å². The summed E-state index contributed by atoms with van der Waals surface area (Å²) in [7, 11) is 0. The van der Waals surface area contributed by atoms with Gasteiger partial charge in [0.15, 0.2) is 17.4 Å². The molecule has 0 N–H and O–H groups in total. The maximum atomic E-state index is 13.2. The number of hydrogen-bond acceptors (Lipinski definition) is 1. The van der Waals surface area contributed by atoms with E-state index < -0.39 is 39.6 Å². The zero-order chi connectivity index (χ0) is 12.7. The van der Waals surface area contributed by atoms with Gasteiger partial charge in [-0.15, -0.1) is 0 Å². The van der Waals surface area contributed by atoms with Crippen LogP contribution >= 0.6 is 11.6 Å². The number of hydrogen-bond donors (Lipinski definition) is 0. The van der Waals surface area contributed by atoms with Crippen molar-refractivity contribution in [2.75, 3.05) is 0 Å². The molecule has 0 amide bonds. The Bertz CT molecular complexity index is 397. The standard InChI is InChI=1S/C10H9ClF4O/c1-10(2,3)16-9-7(14)5(12)4(11)6(13)8(9)15/h1-3H3. The molecule has 1 nitrogen and oxygen atoms in total. The van der Waals surface area contributed by atoms with Crippen LogP contribution in [0.4, 0.5) is 17.6 Å². The highest BCUT2D eigenvalue weighted by molar-refractivity contribution is 6.30. The third kappa shape index (κ3) is 2.40. The number of ether oxygens (including phenoxy) is 1. The van der Waals surface area contributed by atoms with Crippen LogP contribution < -0.4 is 4.74 Å². The van der Waals surface area contributed by atoms with Gasteiger partial charge in [0, 0.05) is 0 Å². The molecule has 0 aromatic heterocycles. The fourth-order valence-corrected chi connectivity index (χ4v) is 1.15. The average molecular weight is 257 g/mol. The normalized spacial score (nSPS) is 11.8. The summed E-state index contributed by atoms with van der Waals surface area (Å²) in [6.07, 6.45) is 0. The Kier molecular flexibility index (Phi) is 3.38. The van der Waals surface area contributed by atoms with Crippen molar-refractivity contribution in [2.24, 2.45) is 0 Å². The Morgan fingerprint density at radius 2 is 1.25 bits per heavy atom. The Morgan fingerprint density at radius 1 is 0.875 bits per heavy atom. The average Bonchev–Trinajstić information content (AvgIpc) is 2.17. The van der Waals surface area contributed by atoms with Crippen LogP contribution in [0.5, 0.6) is 5.75 Å². The Morgan fingerprint density at radius 3 is 1.56 bits per heavy atom. The van der Waals surface area contributed by atoms with E-state index in [1.165, 1.54) is 20.8 Å². The van der Waals surface area contributed by atoms with E-state index in [1.807, 2.05) is 0 Å². The third-order valence-corrected chi connectivity index (χ3v) is 1.91. The first-order valence-corrected chi connectivity index (χ1v) is 4.73. The fourth-order valence-electron chi connectivity index (χ4n) is 0.981. The lowest BCUT2D eigenvalue weighted by Gasteiger charge is -2.22. The van der Waals surface area contributed by atoms with E-state index in [4.69, 9.17) is 16.3 Å². The highest BCUT2D eigenvalue weighted by Crippen LogP contribution is 2.34. The Balaban J connectivity index is 3.40. The van der Waals surface area contributed by atoms with E-state index in [0.717, 1.165) is 0 Å². The van der Waals surface area contributed by atoms with Gasteiger partial charge in [-0.05, 0) is 20.8 Å². The Labute approximate surface area is 95.0 Å². The molecule has 1 aromatic carbocycles. The van der Waals surface area contributed by atoms with Crippen LogP contribution in [0.25, 0.3) is 0 Å². The zero-order valence-electron chi connectivity index (χ0n) is 8.80. The van der Waals surface area contributed by atoms with Crippen molar-refractivity contribution in [1.29, 1.82) is 0 Å². The first-order valence-electron chi connectivity index (χ1n) is 4.35. The van der Waals surface area contributed by atoms with E-state index >= 15 is 0 Å². The Hall–Kier alpha value is -0.970. The van der Waals surface area contributed by atoms with E-state index in [1.54, 1.807) is 0 Å². The summed E-state index contributed by atoms with van der Waals surface area (Å²) in [4.78, 5) is 0. The second kappa shape index (κ2) is 4.13. The van der Waals surface area contributed by atoms with Gasteiger partial charge in [-0.2, -0.15) is 8.78 Å². The predicted molar refractivity (Wildman–Crippen MR) is 51.7 cm³/mol. The summed E-state index contributed by atoms with van der Waals surface area (Å²) in [5.41, 5.74) is -0.992. The highest BCUT2D eigenvalue weighted by Gasteiger charge is 2.28. The summed E-state index contributed by atoms with van der Waals surface area (Å²) < 4.78 is 57.3. The minimum Gasteiger partial charge on any atom is -0.482 e. The molecule has 90 valence electrons. The molecule has 6 heteroatoms. The molecule has 0 atom stereocenters. The summed E-state index contributed by atoms with van der Waals surface area (Å²) in [5, 5.41) is -1.23. The van der Waals surface area contributed by atoms with Crippen LogP contribution in [0.3, 0.4) is 0 Å².